The molecule has 160 valence electrons. The third-order valence-corrected chi connectivity index (χ3v) is 6.39. The summed E-state index contributed by atoms with van der Waals surface area (Å²) in [6, 6.07) is -0.268. The predicted molar refractivity (Wildman–Crippen MR) is 116 cm³/mol. The minimum absolute atomic E-state index is 0.00813. The predicted octanol–water partition coefficient (Wildman–Crippen LogP) is 1.51. The molecule has 1 amide bonds. The summed E-state index contributed by atoms with van der Waals surface area (Å²) < 4.78 is 12.5. The van der Waals surface area contributed by atoms with Crippen molar-refractivity contribution in [1.29, 1.82) is 0 Å². The molecule has 0 spiro atoms. The highest BCUT2D eigenvalue weighted by Crippen LogP contribution is 2.39. The number of ether oxygens (including phenoxy) is 2. The van der Waals surface area contributed by atoms with Crippen molar-refractivity contribution in [2.75, 3.05) is 20.3 Å². The number of amides is 1. The van der Waals surface area contributed by atoms with Crippen molar-refractivity contribution in [3.8, 4) is 0 Å². The van der Waals surface area contributed by atoms with Gasteiger partial charge in [-0.1, -0.05) is 17.8 Å². The van der Waals surface area contributed by atoms with Crippen LogP contribution in [-0.2, 0) is 16.0 Å². The number of thioether (sulfide) groups is 1. The number of aromatic nitrogens is 4. The SMILES string of the molecule is COC1=NC=C(C2=CCOCC2)C2SC(NC(=O)c3cnn(Cc4ncc[nH]4)c3)=NC12. The van der Waals surface area contributed by atoms with Gasteiger partial charge in [0.1, 0.15) is 11.9 Å². The van der Waals surface area contributed by atoms with Crippen molar-refractivity contribution >= 4 is 28.7 Å². The number of rotatable bonds is 4. The van der Waals surface area contributed by atoms with Crippen LogP contribution in [0.15, 0.2) is 58.2 Å². The average molecular weight is 440 g/mol. The molecule has 0 aliphatic carbocycles. The van der Waals surface area contributed by atoms with Crippen LogP contribution in [0.4, 0.5) is 0 Å². The van der Waals surface area contributed by atoms with Gasteiger partial charge < -0.3 is 19.8 Å². The monoisotopic (exact) mass is 439 g/mol. The Hall–Kier alpha value is -3.18. The number of nitrogens with one attached hydrogen (secondary N) is 2. The summed E-state index contributed by atoms with van der Waals surface area (Å²) >= 11 is 1.51. The van der Waals surface area contributed by atoms with E-state index in [9.17, 15) is 4.79 Å². The molecular weight excluding hydrogens is 418 g/mol. The molecule has 3 aliphatic heterocycles. The first-order valence-electron chi connectivity index (χ1n) is 9.86. The Balaban J connectivity index is 1.29. The number of hydrogen-bond donors (Lipinski definition) is 2. The molecule has 2 N–H and O–H groups in total. The highest BCUT2D eigenvalue weighted by atomic mass is 32.2. The summed E-state index contributed by atoms with van der Waals surface area (Å²) in [5, 5.41) is 7.70. The van der Waals surface area contributed by atoms with Crippen LogP contribution >= 0.6 is 11.8 Å². The first-order chi connectivity index (χ1) is 15.2. The molecule has 3 aliphatic rings. The fourth-order valence-corrected chi connectivity index (χ4v) is 4.89. The van der Waals surface area contributed by atoms with Crippen LogP contribution in [0.25, 0.3) is 0 Å². The number of imidazole rings is 1. The summed E-state index contributed by atoms with van der Waals surface area (Å²) in [7, 11) is 1.59. The lowest BCUT2D eigenvalue weighted by atomic mass is 9.94. The molecule has 11 heteroatoms. The summed E-state index contributed by atoms with van der Waals surface area (Å²) in [4.78, 5) is 29.1. The van der Waals surface area contributed by atoms with Crippen LogP contribution in [0.5, 0.6) is 0 Å². The Kier molecular flexibility index (Phi) is 5.43. The number of fused-ring (bicyclic) bond motifs is 1. The molecule has 31 heavy (non-hydrogen) atoms. The van der Waals surface area contributed by atoms with Gasteiger partial charge in [0.25, 0.3) is 5.91 Å². The normalized spacial score (nSPS) is 22.7. The number of methoxy groups -OCH3 is 1. The second-order valence-corrected chi connectivity index (χ2v) is 8.27. The molecule has 0 fully saturated rings. The summed E-state index contributed by atoms with van der Waals surface area (Å²) in [5.74, 6) is 1.05. The zero-order valence-corrected chi connectivity index (χ0v) is 17.6. The van der Waals surface area contributed by atoms with E-state index in [4.69, 9.17) is 14.5 Å². The van der Waals surface area contributed by atoms with Crippen molar-refractivity contribution in [3.63, 3.8) is 0 Å². The molecule has 2 atom stereocenters. The second-order valence-electron chi connectivity index (χ2n) is 7.14. The molecule has 2 aromatic heterocycles. The molecule has 0 bridgehead atoms. The van der Waals surface area contributed by atoms with Gasteiger partial charge in [-0.3, -0.25) is 9.48 Å². The quantitative estimate of drug-likeness (QED) is 0.746. The van der Waals surface area contributed by atoms with Crippen molar-refractivity contribution in [2.45, 2.75) is 24.3 Å². The van der Waals surface area contributed by atoms with Gasteiger partial charge in [-0.05, 0) is 17.6 Å². The summed E-state index contributed by atoms with van der Waals surface area (Å²) in [6.45, 7) is 1.75. The van der Waals surface area contributed by atoms with Crippen molar-refractivity contribution in [3.05, 3.63) is 59.6 Å². The van der Waals surface area contributed by atoms with Gasteiger partial charge in [-0.2, -0.15) is 5.10 Å². The number of aliphatic imine (C=N–C) groups is 2. The van der Waals surface area contributed by atoms with Crippen molar-refractivity contribution in [1.82, 2.24) is 25.1 Å². The molecule has 0 saturated carbocycles. The molecule has 2 unspecified atom stereocenters. The molecule has 10 nitrogen and oxygen atoms in total. The van der Waals surface area contributed by atoms with E-state index >= 15 is 0 Å². The third-order valence-electron chi connectivity index (χ3n) is 5.20. The first-order valence-corrected chi connectivity index (χ1v) is 10.7. The van der Waals surface area contributed by atoms with Crippen LogP contribution in [0, 0.1) is 0 Å². The van der Waals surface area contributed by atoms with Crippen molar-refractivity contribution < 1.29 is 14.3 Å². The molecular formula is C20H21N7O3S. The lowest BCUT2D eigenvalue weighted by Gasteiger charge is -2.26. The molecule has 0 saturated heterocycles. The first kappa shape index (κ1) is 19.8. The fourth-order valence-electron chi connectivity index (χ4n) is 3.67. The highest BCUT2D eigenvalue weighted by molar-refractivity contribution is 8.15. The zero-order valence-electron chi connectivity index (χ0n) is 16.8. The third kappa shape index (κ3) is 4.06. The average Bonchev–Trinajstić information content (AvgIpc) is 3.55. The second kappa shape index (κ2) is 8.52. The number of aromatic amines is 1. The molecule has 0 aromatic carbocycles. The standard InChI is InChI=1S/C20H21N7O3S/c1-29-19-16-17(14(9-23-19)12-2-6-30-7-3-12)31-20(25-16)26-18(28)13-8-24-27(10-13)11-15-21-4-5-22-15/h2,4-5,8-10,16-17H,3,6-7,11H2,1H3,(H,21,22)(H,25,26,28). The van der Waals surface area contributed by atoms with E-state index in [0.29, 0.717) is 36.4 Å². The van der Waals surface area contributed by atoms with Crippen LogP contribution in [-0.4, -0.2) is 68.3 Å². The molecule has 0 radical (unpaired) electrons. The Morgan fingerprint density at radius 1 is 1.48 bits per heavy atom. The fraction of sp³-hybridized carbons (Fsp3) is 0.350. The number of carbonyl (C=O) groups is 1. The number of amidine groups is 1. The Labute approximate surface area is 182 Å². The number of H-pyrrole nitrogens is 1. The number of hydrogen-bond acceptors (Lipinski definition) is 8. The lowest BCUT2D eigenvalue weighted by Crippen LogP contribution is -2.33. The smallest absolute Gasteiger partial charge is 0.260 e. The highest BCUT2D eigenvalue weighted by Gasteiger charge is 2.41. The van der Waals surface area contributed by atoms with E-state index in [0.717, 1.165) is 17.8 Å². The van der Waals surface area contributed by atoms with Crippen molar-refractivity contribution in [2.24, 2.45) is 9.98 Å². The van der Waals surface area contributed by atoms with Gasteiger partial charge in [0.15, 0.2) is 5.17 Å². The summed E-state index contributed by atoms with van der Waals surface area (Å²) in [5.41, 5.74) is 2.78. The van der Waals surface area contributed by atoms with Gasteiger partial charge in [-0.25, -0.2) is 15.0 Å². The minimum atomic E-state index is -0.268. The van der Waals surface area contributed by atoms with E-state index in [1.54, 1.807) is 30.4 Å². The molecule has 2 aromatic rings. The molecule has 5 heterocycles. The van der Waals surface area contributed by atoms with Crippen LogP contribution in [0.2, 0.25) is 0 Å². The maximum atomic E-state index is 12.8. The maximum Gasteiger partial charge on any atom is 0.260 e. The lowest BCUT2D eigenvalue weighted by molar-refractivity contribution is 0.0978. The minimum Gasteiger partial charge on any atom is -0.482 e. The van der Waals surface area contributed by atoms with E-state index in [1.165, 1.54) is 23.5 Å². The van der Waals surface area contributed by atoms with Gasteiger partial charge >= 0.3 is 0 Å². The van der Waals surface area contributed by atoms with Gasteiger partial charge in [0, 0.05) is 24.8 Å². The van der Waals surface area contributed by atoms with Crippen LogP contribution in [0.3, 0.4) is 0 Å². The topological polar surface area (TPSA) is 119 Å². The van der Waals surface area contributed by atoms with Gasteiger partial charge in [0.2, 0.25) is 5.90 Å². The van der Waals surface area contributed by atoms with E-state index < -0.39 is 0 Å². The zero-order chi connectivity index (χ0) is 21.2. The number of carbonyl (C=O) groups excluding carboxylic acids is 1. The van der Waals surface area contributed by atoms with E-state index in [2.05, 4.69) is 31.5 Å². The van der Waals surface area contributed by atoms with Gasteiger partial charge in [0.05, 0.1) is 43.9 Å². The van der Waals surface area contributed by atoms with E-state index in [-0.39, 0.29) is 17.2 Å². The van der Waals surface area contributed by atoms with Crippen LogP contribution in [0.1, 0.15) is 22.6 Å². The number of nitrogens with zero attached hydrogens (tertiary/aromatic N) is 5. The molecule has 5 rings (SSSR count). The Morgan fingerprint density at radius 3 is 3.19 bits per heavy atom. The summed E-state index contributed by atoms with van der Waals surface area (Å²) in [6.07, 6.45) is 11.4. The van der Waals surface area contributed by atoms with E-state index in [1.807, 2.05) is 6.20 Å². The Morgan fingerprint density at radius 2 is 2.42 bits per heavy atom. The maximum absolute atomic E-state index is 12.8. The Bertz CT molecular complexity index is 1100. The van der Waals surface area contributed by atoms with Crippen LogP contribution < -0.4 is 5.32 Å². The van der Waals surface area contributed by atoms with Gasteiger partial charge in [-0.15, -0.1) is 0 Å². The largest absolute Gasteiger partial charge is 0.482 e.